The van der Waals surface area contributed by atoms with Crippen molar-refractivity contribution in [3.63, 3.8) is 0 Å². The summed E-state index contributed by atoms with van der Waals surface area (Å²) in [5, 5.41) is 14.5. The van der Waals surface area contributed by atoms with Gasteiger partial charge in [-0.25, -0.2) is 4.39 Å². The molecule has 120 valence electrons. The number of hydrogen-bond acceptors (Lipinski definition) is 3. The molecule has 2 aromatic carbocycles. The van der Waals surface area contributed by atoms with Gasteiger partial charge in [0.1, 0.15) is 17.6 Å². The average molecular weight is 337 g/mol. The van der Waals surface area contributed by atoms with Gasteiger partial charge >= 0.3 is 0 Å². The first-order valence-corrected chi connectivity index (χ1v) is 7.10. The molecule has 0 saturated heterocycles. The highest BCUT2D eigenvalue weighted by atomic mass is 35.5. The molecule has 0 heterocycles. The molecule has 0 bridgehead atoms. The topological polar surface area (TPSA) is 78.4 Å². The molecule has 2 aromatic rings. The maximum atomic E-state index is 13.6. The van der Waals surface area contributed by atoms with Crippen molar-refractivity contribution in [1.82, 2.24) is 5.32 Å². The standard InChI is InChI=1S/C16H14ClFN2O3/c1-9(19-16(23)10-2-4-11(17)5-3-10)15(22)20-14-7-6-12(21)8-13(14)18/h2-9,21H,1H3,(H,19,23)(H,20,22)/t9-/m0/s1. The van der Waals surface area contributed by atoms with Crippen molar-refractivity contribution in [2.45, 2.75) is 13.0 Å². The number of aromatic hydroxyl groups is 1. The number of halogens is 2. The Kier molecular flexibility index (Phi) is 5.18. The zero-order valence-electron chi connectivity index (χ0n) is 12.1. The molecular formula is C16H14ClFN2O3. The Labute approximate surface area is 137 Å². The Morgan fingerprint density at radius 1 is 1.17 bits per heavy atom. The van der Waals surface area contributed by atoms with Crippen LogP contribution in [0.1, 0.15) is 17.3 Å². The van der Waals surface area contributed by atoms with Crippen LogP contribution in [0.2, 0.25) is 5.02 Å². The first kappa shape index (κ1) is 16.8. The molecule has 0 aliphatic carbocycles. The Hall–Kier alpha value is -2.60. The van der Waals surface area contributed by atoms with E-state index in [4.69, 9.17) is 16.7 Å². The molecule has 1 atom stereocenters. The lowest BCUT2D eigenvalue weighted by Crippen LogP contribution is -2.41. The number of phenolic OH excluding ortho intramolecular Hbond substituents is 1. The predicted molar refractivity (Wildman–Crippen MR) is 85.1 cm³/mol. The van der Waals surface area contributed by atoms with Crippen LogP contribution in [0, 0.1) is 5.82 Å². The molecule has 23 heavy (non-hydrogen) atoms. The molecule has 0 saturated carbocycles. The molecule has 3 N–H and O–H groups in total. The summed E-state index contributed by atoms with van der Waals surface area (Å²) in [6, 6.07) is 8.66. The minimum absolute atomic E-state index is 0.0830. The van der Waals surface area contributed by atoms with Gasteiger partial charge in [0, 0.05) is 16.7 Å². The largest absolute Gasteiger partial charge is 0.508 e. The number of nitrogens with one attached hydrogen (secondary N) is 2. The lowest BCUT2D eigenvalue weighted by Gasteiger charge is -2.14. The van der Waals surface area contributed by atoms with Gasteiger partial charge < -0.3 is 15.7 Å². The van der Waals surface area contributed by atoms with Gasteiger partial charge in [0.2, 0.25) is 5.91 Å². The maximum absolute atomic E-state index is 13.6. The number of anilines is 1. The van der Waals surface area contributed by atoms with E-state index in [2.05, 4.69) is 10.6 Å². The summed E-state index contributed by atoms with van der Waals surface area (Å²) >= 11 is 5.74. The van der Waals surface area contributed by atoms with E-state index < -0.39 is 23.7 Å². The lowest BCUT2D eigenvalue weighted by molar-refractivity contribution is -0.117. The fourth-order valence-corrected chi connectivity index (χ4v) is 1.92. The number of amides is 2. The van der Waals surface area contributed by atoms with Crippen molar-refractivity contribution in [1.29, 1.82) is 0 Å². The van der Waals surface area contributed by atoms with Crippen LogP contribution < -0.4 is 10.6 Å². The number of rotatable bonds is 4. The minimum atomic E-state index is -0.883. The highest BCUT2D eigenvalue weighted by Crippen LogP contribution is 2.19. The van der Waals surface area contributed by atoms with Crippen LogP contribution in [0.4, 0.5) is 10.1 Å². The fraction of sp³-hybridized carbons (Fsp3) is 0.125. The quantitative estimate of drug-likeness (QED) is 0.751. The average Bonchev–Trinajstić information content (AvgIpc) is 2.50. The second kappa shape index (κ2) is 7.11. The van der Waals surface area contributed by atoms with Gasteiger partial charge in [0.05, 0.1) is 5.69 Å². The second-order valence-electron chi connectivity index (χ2n) is 4.86. The molecule has 0 radical (unpaired) electrons. The molecule has 0 spiro atoms. The summed E-state index contributed by atoms with van der Waals surface area (Å²) in [5.41, 5.74) is 0.269. The van der Waals surface area contributed by atoms with Gasteiger partial charge in [-0.05, 0) is 43.3 Å². The number of hydrogen-bond donors (Lipinski definition) is 3. The molecule has 7 heteroatoms. The third kappa shape index (κ3) is 4.43. The smallest absolute Gasteiger partial charge is 0.251 e. The van der Waals surface area contributed by atoms with Crippen LogP contribution in [0.15, 0.2) is 42.5 Å². The van der Waals surface area contributed by atoms with Crippen molar-refractivity contribution in [3.8, 4) is 5.75 Å². The SMILES string of the molecule is C[C@H](NC(=O)c1ccc(Cl)cc1)C(=O)Nc1ccc(O)cc1F. The van der Waals surface area contributed by atoms with Gasteiger partial charge in [-0.3, -0.25) is 9.59 Å². The highest BCUT2D eigenvalue weighted by molar-refractivity contribution is 6.30. The van der Waals surface area contributed by atoms with E-state index in [-0.39, 0.29) is 11.4 Å². The van der Waals surface area contributed by atoms with E-state index >= 15 is 0 Å². The summed E-state index contributed by atoms with van der Waals surface area (Å²) in [7, 11) is 0. The van der Waals surface area contributed by atoms with Crippen LogP contribution in [0.5, 0.6) is 5.75 Å². The summed E-state index contributed by atoms with van der Waals surface area (Å²) in [4.78, 5) is 24.0. The second-order valence-corrected chi connectivity index (χ2v) is 5.29. The molecular weight excluding hydrogens is 323 g/mol. The summed E-state index contributed by atoms with van der Waals surface area (Å²) in [5.74, 6) is -2.05. The minimum Gasteiger partial charge on any atom is -0.508 e. The molecule has 0 aliphatic heterocycles. The first-order chi connectivity index (χ1) is 10.9. The zero-order chi connectivity index (χ0) is 17.0. The lowest BCUT2D eigenvalue weighted by atomic mass is 10.2. The van der Waals surface area contributed by atoms with E-state index in [1.54, 1.807) is 12.1 Å². The summed E-state index contributed by atoms with van der Waals surface area (Å²) in [6.45, 7) is 1.47. The van der Waals surface area contributed by atoms with Crippen LogP contribution in [0.25, 0.3) is 0 Å². The molecule has 0 aromatic heterocycles. The highest BCUT2D eigenvalue weighted by Gasteiger charge is 2.18. The molecule has 0 aliphatic rings. The van der Waals surface area contributed by atoms with E-state index in [1.807, 2.05) is 0 Å². The fourth-order valence-electron chi connectivity index (χ4n) is 1.79. The van der Waals surface area contributed by atoms with Gasteiger partial charge in [-0.15, -0.1) is 0 Å². The Morgan fingerprint density at radius 3 is 2.43 bits per heavy atom. The number of carbonyl (C=O) groups excluding carboxylic acids is 2. The molecule has 0 unspecified atom stereocenters. The molecule has 2 rings (SSSR count). The van der Waals surface area contributed by atoms with Gasteiger partial charge in [-0.2, -0.15) is 0 Å². The summed E-state index contributed by atoms with van der Waals surface area (Å²) in [6.07, 6.45) is 0. The summed E-state index contributed by atoms with van der Waals surface area (Å²) < 4.78 is 13.6. The van der Waals surface area contributed by atoms with Gasteiger partial charge in [0.15, 0.2) is 0 Å². The van der Waals surface area contributed by atoms with Crippen molar-refractivity contribution >= 4 is 29.1 Å². The zero-order valence-corrected chi connectivity index (χ0v) is 12.9. The van der Waals surface area contributed by atoms with Crippen LogP contribution in [-0.2, 0) is 4.79 Å². The molecule has 0 fully saturated rings. The number of carbonyl (C=O) groups is 2. The van der Waals surface area contributed by atoms with Crippen LogP contribution in [0.3, 0.4) is 0 Å². The predicted octanol–water partition coefficient (Wildman–Crippen LogP) is 2.94. The van der Waals surface area contributed by atoms with E-state index in [9.17, 15) is 14.0 Å². The Bertz CT molecular complexity index is 735. The Balaban J connectivity index is 1.99. The van der Waals surface area contributed by atoms with E-state index in [1.165, 1.54) is 31.2 Å². The van der Waals surface area contributed by atoms with Crippen molar-refractivity contribution in [2.75, 3.05) is 5.32 Å². The van der Waals surface area contributed by atoms with Crippen LogP contribution in [-0.4, -0.2) is 23.0 Å². The van der Waals surface area contributed by atoms with E-state index in [0.29, 0.717) is 10.6 Å². The molecule has 5 nitrogen and oxygen atoms in total. The number of benzene rings is 2. The van der Waals surface area contributed by atoms with Gasteiger partial charge in [-0.1, -0.05) is 11.6 Å². The first-order valence-electron chi connectivity index (χ1n) is 6.72. The molecule has 2 amide bonds. The normalized spacial score (nSPS) is 11.6. The monoisotopic (exact) mass is 336 g/mol. The van der Waals surface area contributed by atoms with Gasteiger partial charge in [0.25, 0.3) is 5.91 Å². The number of phenols is 1. The van der Waals surface area contributed by atoms with Crippen LogP contribution >= 0.6 is 11.6 Å². The van der Waals surface area contributed by atoms with Crippen molar-refractivity contribution in [2.24, 2.45) is 0 Å². The third-order valence-corrected chi connectivity index (χ3v) is 3.31. The Morgan fingerprint density at radius 2 is 1.83 bits per heavy atom. The van der Waals surface area contributed by atoms with Crippen molar-refractivity contribution in [3.05, 3.63) is 58.9 Å². The maximum Gasteiger partial charge on any atom is 0.251 e. The van der Waals surface area contributed by atoms with E-state index in [0.717, 1.165) is 6.07 Å². The van der Waals surface area contributed by atoms with Crippen molar-refractivity contribution < 1.29 is 19.1 Å². The third-order valence-electron chi connectivity index (χ3n) is 3.06.